The molecule has 1 unspecified atom stereocenters. The predicted molar refractivity (Wildman–Crippen MR) is 60.5 cm³/mol. The molecule has 0 radical (unpaired) electrons. The van der Waals surface area contributed by atoms with E-state index < -0.39 is 22.7 Å². The third kappa shape index (κ3) is 1.97. The van der Waals surface area contributed by atoms with Gasteiger partial charge < -0.3 is 4.74 Å². The van der Waals surface area contributed by atoms with Gasteiger partial charge in [-0.25, -0.2) is 9.79 Å². The lowest BCUT2D eigenvalue weighted by atomic mass is 9.94. The average molecular weight is 248 g/mol. The Hall–Kier alpha value is -2.57. The zero-order valence-corrected chi connectivity index (χ0v) is 9.32. The van der Waals surface area contributed by atoms with Crippen LogP contribution in [-0.2, 0) is 14.3 Å². The maximum absolute atomic E-state index is 11.7. The van der Waals surface area contributed by atoms with E-state index in [4.69, 9.17) is 0 Å². The summed E-state index contributed by atoms with van der Waals surface area (Å²) in [7, 11) is 1.18. The third-order valence-corrected chi connectivity index (χ3v) is 2.48. The van der Waals surface area contributed by atoms with Gasteiger partial charge in [0.15, 0.2) is 11.5 Å². The topological polar surface area (TPSA) is 98.9 Å². The number of nitro groups is 1. The number of aliphatic imine (C=N–C) groups is 1. The van der Waals surface area contributed by atoms with Gasteiger partial charge in [0, 0.05) is 17.1 Å². The van der Waals surface area contributed by atoms with Crippen LogP contribution in [0.15, 0.2) is 40.6 Å². The molecule has 2 rings (SSSR count). The van der Waals surface area contributed by atoms with Gasteiger partial charge >= 0.3 is 5.97 Å². The van der Waals surface area contributed by atoms with Gasteiger partial charge in [0.05, 0.1) is 18.4 Å². The highest BCUT2D eigenvalue weighted by atomic mass is 16.6. The van der Waals surface area contributed by atoms with Crippen LogP contribution in [0.3, 0.4) is 0 Å². The van der Waals surface area contributed by atoms with Crippen LogP contribution >= 0.6 is 0 Å². The average Bonchev–Trinajstić information content (AvgIpc) is 2.37. The fourth-order valence-corrected chi connectivity index (χ4v) is 1.60. The van der Waals surface area contributed by atoms with E-state index in [9.17, 15) is 19.7 Å². The second-order valence-electron chi connectivity index (χ2n) is 3.60. The molecule has 0 N–H and O–H groups in total. The largest absolute Gasteiger partial charge is 0.464 e. The summed E-state index contributed by atoms with van der Waals surface area (Å²) in [6.07, 6.45) is 4.88. The Morgan fingerprint density at radius 3 is 2.89 bits per heavy atom. The van der Waals surface area contributed by atoms with Crippen LogP contribution in [-0.4, -0.2) is 35.5 Å². The summed E-state index contributed by atoms with van der Waals surface area (Å²) in [4.78, 5) is 37.0. The molecule has 0 fully saturated rings. The number of carbonyl (C=O) groups is 2. The van der Waals surface area contributed by atoms with Crippen molar-refractivity contribution in [3.8, 4) is 0 Å². The van der Waals surface area contributed by atoms with Crippen LogP contribution in [0.25, 0.3) is 0 Å². The van der Waals surface area contributed by atoms with Crippen LogP contribution in [0.4, 0.5) is 0 Å². The summed E-state index contributed by atoms with van der Waals surface area (Å²) >= 11 is 0. The number of methoxy groups -OCH3 is 1. The first-order chi connectivity index (χ1) is 8.52. The molecule has 1 atom stereocenters. The number of allylic oxidation sites excluding steroid dienone is 3. The summed E-state index contributed by atoms with van der Waals surface area (Å²) in [5.74, 6) is -1.21. The minimum atomic E-state index is -1.05. The number of nitrogens with zero attached hydrogens (tertiary/aromatic N) is 2. The summed E-state index contributed by atoms with van der Waals surface area (Å²) < 4.78 is 4.46. The van der Waals surface area contributed by atoms with Crippen molar-refractivity contribution in [1.82, 2.24) is 0 Å². The molecule has 18 heavy (non-hydrogen) atoms. The van der Waals surface area contributed by atoms with Crippen molar-refractivity contribution in [3.63, 3.8) is 0 Å². The molecule has 0 aromatic rings. The van der Waals surface area contributed by atoms with E-state index in [2.05, 4.69) is 9.73 Å². The molecule has 92 valence electrons. The van der Waals surface area contributed by atoms with E-state index in [1.807, 2.05) is 0 Å². The molecule has 1 aliphatic carbocycles. The standard InChI is InChI=1S/C11H8N2O5/c1-18-11(15)9-5-10(14)7-4-6(13(16)17)2-3-8(7)12-9/h2-6H,1H3. The maximum atomic E-state index is 11.7. The van der Waals surface area contributed by atoms with Gasteiger partial charge in [-0.05, 0) is 12.2 Å². The molecular weight excluding hydrogens is 240 g/mol. The number of rotatable bonds is 2. The fourth-order valence-electron chi connectivity index (χ4n) is 1.60. The minimum Gasteiger partial charge on any atom is -0.464 e. The van der Waals surface area contributed by atoms with Crippen molar-refractivity contribution < 1.29 is 19.2 Å². The number of ether oxygens (including phenoxy) is 1. The second kappa shape index (κ2) is 4.36. The number of hydrogen-bond acceptors (Lipinski definition) is 6. The summed E-state index contributed by atoms with van der Waals surface area (Å²) in [6, 6.07) is -1.05. The number of ketones is 1. The molecule has 1 heterocycles. The van der Waals surface area contributed by atoms with Crippen molar-refractivity contribution in [1.29, 1.82) is 0 Å². The quantitative estimate of drug-likeness (QED) is 0.395. The van der Waals surface area contributed by atoms with E-state index in [1.54, 1.807) is 0 Å². The smallest absolute Gasteiger partial charge is 0.356 e. The highest BCUT2D eigenvalue weighted by molar-refractivity contribution is 6.33. The predicted octanol–water partition coefficient (Wildman–Crippen LogP) is 0.208. The van der Waals surface area contributed by atoms with Crippen LogP contribution < -0.4 is 0 Å². The van der Waals surface area contributed by atoms with Crippen molar-refractivity contribution >= 4 is 17.5 Å². The van der Waals surface area contributed by atoms with Crippen molar-refractivity contribution in [3.05, 3.63) is 45.7 Å². The number of carbonyl (C=O) groups excluding carboxylic acids is 2. The zero-order chi connectivity index (χ0) is 13.3. The Morgan fingerprint density at radius 2 is 2.28 bits per heavy atom. The fraction of sp³-hybridized carbons (Fsp3) is 0.182. The molecule has 0 aromatic heterocycles. The van der Waals surface area contributed by atoms with Crippen LogP contribution in [0, 0.1) is 10.1 Å². The lowest BCUT2D eigenvalue weighted by Gasteiger charge is -2.15. The molecule has 1 aliphatic heterocycles. The molecule has 2 aliphatic rings. The first-order valence-corrected chi connectivity index (χ1v) is 5.00. The monoisotopic (exact) mass is 248 g/mol. The van der Waals surface area contributed by atoms with E-state index in [0.29, 0.717) is 0 Å². The first kappa shape index (κ1) is 11.9. The van der Waals surface area contributed by atoms with Gasteiger partial charge in [0.2, 0.25) is 0 Å². The molecule has 0 saturated carbocycles. The highest BCUT2D eigenvalue weighted by Gasteiger charge is 2.28. The third-order valence-electron chi connectivity index (χ3n) is 2.48. The van der Waals surface area contributed by atoms with Gasteiger partial charge in [-0.1, -0.05) is 0 Å². The van der Waals surface area contributed by atoms with Crippen LogP contribution in [0.1, 0.15) is 0 Å². The SMILES string of the molecule is COC(=O)C1=CC(=O)C2=CC([N+](=O)[O-])C=CC2=N1. The number of hydrogen-bond donors (Lipinski definition) is 0. The van der Waals surface area contributed by atoms with Gasteiger partial charge in [-0.2, -0.15) is 0 Å². The Bertz CT molecular complexity index is 568. The van der Waals surface area contributed by atoms with Crippen molar-refractivity contribution in [2.24, 2.45) is 4.99 Å². The minimum absolute atomic E-state index is 0.112. The van der Waals surface area contributed by atoms with Crippen LogP contribution in [0.2, 0.25) is 0 Å². The van der Waals surface area contributed by atoms with E-state index in [1.165, 1.54) is 25.3 Å². The number of fused-ring (bicyclic) bond motifs is 1. The Balaban J connectivity index is 2.38. The van der Waals surface area contributed by atoms with Crippen molar-refractivity contribution in [2.75, 3.05) is 7.11 Å². The molecule has 0 amide bonds. The van der Waals surface area contributed by atoms with Gasteiger partial charge in [0.1, 0.15) is 0 Å². The number of esters is 1. The molecular formula is C11H8N2O5. The van der Waals surface area contributed by atoms with E-state index in [-0.39, 0.29) is 17.0 Å². The van der Waals surface area contributed by atoms with Gasteiger partial charge in [-0.3, -0.25) is 14.9 Å². The lowest BCUT2D eigenvalue weighted by molar-refractivity contribution is -0.496. The Kier molecular flexibility index (Phi) is 2.88. The Morgan fingerprint density at radius 1 is 1.56 bits per heavy atom. The molecule has 7 heteroatoms. The van der Waals surface area contributed by atoms with Gasteiger partial charge in [0.25, 0.3) is 6.04 Å². The molecule has 0 bridgehead atoms. The van der Waals surface area contributed by atoms with E-state index >= 15 is 0 Å². The van der Waals surface area contributed by atoms with Gasteiger partial charge in [-0.15, -0.1) is 0 Å². The van der Waals surface area contributed by atoms with Crippen molar-refractivity contribution in [2.45, 2.75) is 6.04 Å². The Labute approximate surface area is 101 Å². The summed E-state index contributed by atoms with van der Waals surface area (Å²) in [6.45, 7) is 0. The van der Waals surface area contributed by atoms with E-state index in [0.717, 1.165) is 6.08 Å². The second-order valence-corrected chi connectivity index (χ2v) is 3.60. The molecule has 0 spiro atoms. The first-order valence-electron chi connectivity index (χ1n) is 5.00. The zero-order valence-electron chi connectivity index (χ0n) is 9.32. The summed E-state index contributed by atoms with van der Waals surface area (Å²) in [5, 5.41) is 10.6. The summed E-state index contributed by atoms with van der Waals surface area (Å²) in [5.41, 5.74) is 0.256. The lowest BCUT2D eigenvalue weighted by Crippen LogP contribution is -2.25. The molecule has 0 aromatic carbocycles. The normalized spacial score (nSPS) is 21.5. The molecule has 0 saturated heterocycles. The van der Waals surface area contributed by atoms with Crippen LogP contribution in [0.5, 0.6) is 0 Å². The molecule has 7 nitrogen and oxygen atoms in total. The highest BCUT2D eigenvalue weighted by Crippen LogP contribution is 2.20. The maximum Gasteiger partial charge on any atom is 0.356 e.